The predicted octanol–water partition coefficient (Wildman–Crippen LogP) is 3.79. The average Bonchev–Trinajstić information content (AvgIpc) is 2.36. The summed E-state index contributed by atoms with van der Waals surface area (Å²) in [4.78, 5) is 12.1. The molecule has 0 spiro atoms. The molecule has 7 heteroatoms. The first-order chi connectivity index (χ1) is 9.38. The molecule has 2 aromatic carbocycles. The van der Waals surface area contributed by atoms with Gasteiger partial charge in [0.1, 0.15) is 11.6 Å². The van der Waals surface area contributed by atoms with Gasteiger partial charge in [0.15, 0.2) is 0 Å². The molecule has 20 heavy (non-hydrogen) atoms. The molecule has 0 radical (unpaired) electrons. The van der Waals surface area contributed by atoms with E-state index >= 15 is 0 Å². The van der Waals surface area contributed by atoms with E-state index in [9.17, 15) is 13.6 Å². The number of nitrogens with two attached hydrogens (primary N) is 1. The minimum absolute atomic E-state index is 0.191. The number of amides is 1. The summed E-state index contributed by atoms with van der Waals surface area (Å²) >= 11 is 11.6. The second-order valence-electron chi connectivity index (χ2n) is 3.93. The summed E-state index contributed by atoms with van der Waals surface area (Å²) in [6.07, 6.45) is 0. The highest BCUT2D eigenvalue weighted by Gasteiger charge is 2.19. The van der Waals surface area contributed by atoms with Crippen molar-refractivity contribution in [2.45, 2.75) is 0 Å². The van der Waals surface area contributed by atoms with Gasteiger partial charge in [-0.05, 0) is 30.3 Å². The van der Waals surface area contributed by atoms with Crippen molar-refractivity contribution in [1.29, 1.82) is 0 Å². The predicted molar refractivity (Wildman–Crippen MR) is 73.8 cm³/mol. The molecule has 2 N–H and O–H groups in total. The molecule has 0 heterocycles. The third-order valence-corrected chi connectivity index (χ3v) is 2.94. The van der Waals surface area contributed by atoms with Crippen molar-refractivity contribution in [1.82, 2.24) is 0 Å². The molecule has 0 bridgehead atoms. The largest absolute Gasteiger partial charge is 0.275 e. The monoisotopic (exact) mass is 316 g/mol. The van der Waals surface area contributed by atoms with Crippen LogP contribution in [0, 0.1) is 11.6 Å². The van der Waals surface area contributed by atoms with Crippen LogP contribution < -0.4 is 10.9 Å². The van der Waals surface area contributed by atoms with E-state index in [2.05, 4.69) is 0 Å². The third-order valence-electron chi connectivity index (χ3n) is 2.51. The number of benzene rings is 2. The minimum Gasteiger partial charge on any atom is -0.267 e. The molecule has 0 atom stereocenters. The van der Waals surface area contributed by atoms with Crippen molar-refractivity contribution in [2.75, 3.05) is 5.01 Å². The maximum atomic E-state index is 13.5. The van der Waals surface area contributed by atoms with E-state index in [1.807, 2.05) is 0 Å². The Bertz CT molecular complexity index is 659. The van der Waals surface area contributed by atoms with Crippen LogP contribution in [0.2, 0.25) is 10.0 Å². The van der Waals surface area contributed by atoms with Crippen LogP contribution in [0.25, 0.3) is 0 Å². The second-order valence-corrected chi connectivity index (χ2v) is 4.80. The van der Waals surface area contributed by atoms with E-state index in [0.717, 1.165) is 12.1 Å². The van der Waals surface area contributed by atoms with Gasteiger partial charge in [-0.1, -0.05) is 23.2 Å². The number of carbonyl (C=O) groups excluding carboxylic acids is 1. The molecule has 0 aliphatic rings. The van der Waals surface area contributed by atoms with Crippen molar-refractivity contribution in [3.05, 3.63) is 63.6 Å². The first-order valence-corrected chi connectivity index (χ1v) is 6.14. The highest BCUT2D eigenvalue weighted by molar-refractivity contribution is 6.35. The Hall–Kier alpha value is -1.69. The average molecular weight is 317 g/mol. The Kier molecular flexibility index (Phi) is 4.23. The Labute approximate surface area is 123 Å². The maximum Gasteiger partial charge on any atom is 0.275 e. The van der Waals surface area contributed by atoms with Crippen molar-refractivity contribution in [3.8, 4) is 0 Å². The van der Waals surface area contributed by atoms with Crippen LogP contribution >= 0.6 is 23.2 Å². The highest BCUT2D eigenvalue weighted by Crippen LogP contribution is 2.25. The molecule has 2 aromatic rings. The third kappa shape index (κ3) is 3.07. The van der Waals surface area contributed by atoms with Gasteiger partial charge in [0.2, 0.25) is 0 Å². The van der Waals surface area contributed by atoms with Gasteiger partial charge in [-0.25, -0.2) is 19.6 Å². The topological polar surface area (TPSA) is 46.3 Å². The molecule has 0 saturated carbocycles. The lowest BCUT2D eigenvalue weighted by molar-refractivity contribution is 0.0983. The quantitative estimate of drug-likeness (QED) is 0.520. The Balaban J connectivity index is 2.37. The van der Waals surface area contributed by atoms with E-state index in [4.69, 9.17) is 29.0 Å². The van der Waals surface area contributed by atoms with Crippen molar-refractivity contribution < 1.29 is 13.6 Å². The molecule has 104 valence electrons. The van der Waals surface area contributed by atoms with Crippen LogP contribution in [-0.2, 0) is 0 Å². The Morgan fingerprint density at radius 2 is 1.65 bits per heavy atom. The molecule has 0 saturated heterocycles. The Morgan fingerprint density at radius 1 is 1.05 bits per heavy atom. The summed E-state index contributed by atoms with van der Waals surface area (Å²) in [5.74, 6) is 2.99. The first-order valence-electron chi connectivity index (χ1n) is 5.39. The van der Waals surface area contributed by atoms with Crippen LogP contribution in [0.3, 0.4) is 0 Å². The number of anilines is 1. The number of nitrogens with zero attached hydrogens (tertiary/aromatic N) is 1. The standard InChI is InChI=1S/C13H8Cl2F2N2O/c14-7-3-8(15)5-10(4-7)19(18)13(20)11-2-1-9(16)6-12(11)17/h1-6H,18H2. The molecule has 3 nitrogen and oxygen atoms in total. The summed E-state index contributed by atoms with van der Waals surface area (Å²) in [7, 11) is 0. The van der Waals surface area contributed by atoms with Crippen molar-refractivity contribution in [3.63, 3.8) is 0 Å². The molecule has 2 rings (SSSR count). The zero-order valence-corrected chi connectivity index (χ0v) is 11.4. The number of carbonyl (C=O) groups is 1. The molecule has 0 unspecified atom stereocenters. The van der Waals surface area contributed by atoms with Crippen molar-refractivity contribution in [2.24, 2.45) is 5.84 Å². The fraction of sp³-hybridized carbons (Fsp3) is 0. The lowest BCUT2D eigenvalue weighted by Gasteiger charge is -2.17. The lowest BCUT2D eigenvalue weighted by Crippen LogP contribution is -2.38. The summed E-state index contributed by atoms with van der Waals surface area (Å²) in [5.41, 5.74) is -0.166. The van der Waals surface area contributed by atoms with Gasteiger partial charge in [0.25, 0.3) is 5.91 Å². The molecular formula is C13H8Cl2F2N2O. The van der Waals surface area contributed by atoms with E-state index < -0.39 is 17.5 Å². The molecule has 0 aliphatic carbocycles. The molecular weight excluding hydrogens is 309 g/mol. The summed E-state index contributed by atoms with van der Waals surface area (Å²) in [6.45, 7) is 0. The normalized spacial score (nSPS) is 10.4. The smallest absolute Gasteiger partial charge is 0.267 e. The van der Waals surface area contributed by atoms with Crippen LogP contribution in [-0.4, -0.2) is 5.91 Å². The SMILES string of the molecule is NN(C(=O)c1ccc(F)cc1F)c1cc(Cl)cc(Cl)c1. The van der Waals surface area contributed by atoms with E-state index in [1.165, 1.54) is 18.2 Å². The zero-order valence-electron chi connectivity index (χ0n) is 9.91. The number of rotatable bonds is 2. The number of hydrazine groups is 1. The minimum atomic E-state index is -1.00. The second kappa shape index (κ2) is 5.75. The highest BCUT2D eigenvalue weighted by atomic mass is 35.5. The summed E-state index contributed by atoms with van der Waals surface area (Å²) in [5, 5.41) is 1.24. The van der Waals surface area contributed by atoms with Gasteiger partial charge in [-0.2, -0.15) is 0 Å². The van der Waals surface area contributed by atoms with Crippen LogP contribution in [0.5, 0.6) is 0 Å². The summed E-state index contributed by atoms with van der Waals surface area (Å²) < 4.78 is 26.4. The molecule has 0 fully saturated rings. The van der Waals surface area contributed by atoms with Gasteiger partial charge < -0.3 is 0 Å². The molecule has 0 aromatic heterocycles. The van der Waals surface area contributed by atoms with Gasteiger partial charge in [-0.15, -0.1) is 0 Å². The zero-order chi connectivity index (χ0) is 14.9. The molecule has 1 amide bonds. The number of hydrogen-bond acceptors (Lipinski definition) is 2. The molecule has 0 aliphatic heterocycles. The number of hydrogen-bond donors (Lipinski definition) is 1. The van der Waals surface area contributed by atoms with Crippen LogP contribution in [0.15, 0.2) is 36.4 Å². The fourth-order valence-electron chi connectivity index (χ4n) is 1.59. The maximum absolute atomic E-state index is 13.5. The number of halogens is 4. The van der Waals surface area contributed by atoms with Crippen LogP contribution in [0.4, 0.5) is 14.5 Å². The van der Waals surface area contributed by atoms with Gasteiger partial charge >= 0.3 is 0 Å². The fourth-order valence-corrected chi connectivity index (χ4v) is 2.10. The van der Waals surface area contributed by atoms with E-state index in [-0.39, 0.29) is 21.3 Å². The Morgan fingerprint density at radius 3 is 2.20 bits per heavy atom. The van der Waals surface area contributed by atoms with Gasteiger partial charge in [0, 0.05) is 16.1 Å². The lowest BCUT2D eigenvalue weighted by atomic mass is 10.2. The van der Waals surface area contributed by atoms with Gasteiger partial charge in [-0.3, -0.25) is 4.79 Å². The van der Waals surface area contributed by atoms with Crippen LogP contribution in [0.1, 0.15) is 10.4 Å². The van der Waals surface area contributed by atoms with E-state index in [0.29, 0.717) is 11.1 Å². The van der Waals surface area contributed by atoms with Gasteiger partial charge in [0.05, 0.1) is 11.3 Å². The summed E-state index contributed by atoms with van der Waals surface area (Å²) in [6, 6.07) is 6.84. The van der Waals surface area contributed by atoms with Crippen molar-refractivity contribution >= 4 is 34.8 Å². The first kappa shape index (κ1) is 14.7. The van der Waals surface area contributed by atoms with E-state index in [1.54, 1.807) is 0 Å².